The molecule has 0 saturated heterocycles. The zero-order valence-electron chi connectivity index (χ0n) is 13.7. The van der Waals surface area contributed by atoms with Crippen LogP contribution < -0.4 is 11.5 Å². The summed E-state index contributed by atoms with van der Waals surface area (Å²) in [5.74, 6) is 2.03. The van der Waals surface area contributed by atoms with Crippen LogP contribution in [0.3, 0.4) is 0 Å². The molecule has 5 nitrogen and oxygen atoms in total. The van der Waals surface area contributed by atoms with Gasteiger partial charge in [0.2, 0.25) is 5.91 Å². The van der Waals surface area contributed by atoms with Crippen molar-refractivity contribution in [2.75, 3.05) is 0 Å². The number of carbonyl (C=O) groups is 2. The van der Waals surface area contributed by atoms with E-state index in [0.717, 1.165) is 18.4 Å². The SMILES string of the molecule is NC(=O)OCc1ccc(C2C3CC4CC(C3)CC2(C(N)=O)C4)cc1. The van der Waals surface area contributed by atoms with Crippen molar-refractivity contribution < 1.29 is 14.3 Å². The highest BCUT2D eigenvalue weighted by molar-refractivity contribution is 5.83. The van der Waals surface area contributed by atoms with E-state index in [2.05, 4.69) is 12.1 Å². The van der Waals surface area contributed by atoms with Gasteiger partial charge in [-0.1, -0.05) is 24.3 Å². The molecule has 4 bridgehead atoms. The Morgan fingerprint density at radius 2 is 1.67 bits per heavy atom. The first-order valence-electron chi connectivity index (χ1n) is 8.79. The second-order valence-electron chi connectivity index (χ2n) is 7.95. The molecule has 4 saturated carbocycles. The summed E-state index contributed by atoms with van der Waals surface area (Å²) in [6.07, 6.45) is 4.86. The van der Waals surface area contributed by atoms with E-state index in [9.17, 15) is 9.59 Å². The molecule has 1 aromatic rings. The molecule has 128 valence electrons. The van der Waals surface area contributed by atoms with Crippen LogP contribution in [-0.2, 0) is 16.1 Å². The molecule has 0 spiro atoms. The molecule has 1 aromatic carbocycles. The molecule has 24 heavy (non-hydrogen) atoms. The summed E-state index contributed by atoms with van der Waals surface area (Å²) in [4.78, 5) is 23.2. The van der Waals surface area contributed by atoms with Crippen LogP contribution in [0.25, 0.3) is 0 Å². The molecule has 4 aliphatic rings. The van der Waals surface area contributed by atoms with Crippen molar-refractivity contribution in [3.05, 3.63) is 35.4 Å². The summed E-state index contributed by atoms with van der Waals surface area (Å²) in [5, 5.41) is 0. The number of hydrogen-bond acceptors (Lipinski definition) is 3. The summed E-state index contributed by atoms with van der Waals surface area (Å²) in [7, 11) is 0. The summed E-state index contributed by atoms with van der Waals surface area (Å²) in [6, 6.07) is 8.05. The number of hydrogen-bond donors (Lipinski definition) is 2. The minimum atomic E-state index is -0.771. The predicted molar refractivity (Wildman–Crippen MR) is 88.7 cm³/mol. The van der Waals surface area contributed by atoms with E-state index in [1.807, 2.05) is 12.1 Å². The zero-order chi connectivity index (χ0) is 16.9. The van der Waals surface area contributed by atoms with Gasteiger partial charge in [-0.25, -0.2) is 4.79 Å². The molecule has 0 aliphatic heterocycles. The highest BCUT2D eigenvalue weighted by Crippen LogP contribution is 2.65. The summed E-state index contributed by atoms with van der Waals surface area (Å²) < 4.78 is 4.83. The molecule has 2 amide bonds. The largest absolute Gasteiger partial charge is 0.445 e. The zero-order valence-corrected chi connectivity index (χ0v) is 13.7. The van der Waals surface area contributed by atoms with Gasteiger partial charge in [-0.15, -0.1) is 0 Å². The number of nitrogens with two attached hydrogens (primary N) is 2. The Bertz CT molecular complexity index is 656. The second-order valence-corrected chi connectivity index (χ2v) is 7.95. The monoisotopic (exact) mass is 328 g/mol. The van der Waals surface area contributed by atoms with Crippen molar-refractivity contribution in [1.82, 2.24) is 0 Å². The van der Waals surface area contributed by atoms with Gasteiger partial charge in [-0.2, -0.15) is 0 Å². The first-order valence-corrected chi connectivity index (χ1v) is 8.79. The summed E-state index contributed by atoms with van der Waals surface area (Å²) >= 11 is 0. The minimum absolute atomic E-state index is 0.118. The molecule has 0 radical (unpaired) electrons. The third-order valence-corrected chi connectivity index (χ3v) is 6.52. The van der Waals surface area contributed by atoms with E-state index < -0.39 is 6.09 Å². The molecular formula is C19H24N2O3. The van der Waals surface area contributed by atoms with Gasteiger partial charge in [0.15, 0.2) is 0 Å². The molecule has 3 atom stereocenters. The number of ether oxygens (including phenoxy) is 1. The number of benzene rings is 1. The van der Waals surface area contributed by atoms with E-state index in [-0.39, 0.29) is 23.8 Å². The van der Waals surface area contributed by atoms with E-state index >= 15 is 0 Å². The quantitative estimate of drug-likeness (QED) is 0.889. The van der Waals surface area contributed by atoms with Gasteiger partial charge in [0.25, 0.3) is 0 Å². The lowest BCUT2D eigenvalue weighted by Crippen LogP contribution is -2.57. The van der Waals surface area contributed by atoms with Crippen LogP contribution in [0.2, 0.25) is 0 Å². The lowest BCUT2D eigenvalue weighted by atomic mass is 9.44. The molecule has 3 unspecified atom stereocenters. The van der Waals surface area contributed by atoms with Crippen LogP contribution in [0, 0.1) is 23.2 Å². The molecule has 5 heteroatoms. The van der Waals surface area contributed by atoms with E-state index in [4.69, 9.17) is 16.2 Å². The number of primary amides is 2. The fourth-order valence-corrected chi connectivity index (χ4v) is 5.96. The van der Waals surface area contributed by atoms with Gasteiger partial charge in [0, 0.05) is 5.92 Å². The Morgan fingerprint density at radius 1 is 1.04 bits per heavy atom. The van der Waals surface area contributed by atoms with Crippen molar-refractivity contribution in [3.63, 3.8) is 0 Å². The lowest BCUT2D eigenvalue weighted by Gasteiger charge is -2.60. The third-order valence-electron chi connectivity index (χ3n) is 6.52. The third kappa shape index (κ3) is 2.38. The number of rotatable bonds is 4. The van der Waals surface area contributed by atoms with Gasteiger partial charge >= 0.3 is 6.09 Å². The maximum atomic E-state index is 12.4. The van der Waals surface area contributed by atoms with Crippen LogP contribution in [0.15, 0.2) is 24.3 Å². The first kappa shape index (κ1) is 15.5. The predicted octanol–water partition coefficient (Wildman–Crippen LogP) is 2.68. The molecule has 4 N–H and O–H groups in total. The van der Waals surface area contributed by atoms with E-state index in [1.54, 1.807) is 0 Å². The topological polar surface area (TPSA) is 95.4 Å². The average Bonchev–Trinajstić information content (AvgIpc) is 2.53. The highest BCUT2D eigenvalue weighted by Gasteiger charge is 2.60. The standard InChI is InChI=1S/C19H24N2O3/c20-17(22)19-8-12-5-13(9-19)7-15(6-12)16(19)14-3-1-11(2-4-14)10-24-18(21)23/h1-4,12-13,15-16H,5-10H2,(H2,20,22)(H2,21,23). The van der Waals surface area contributed by atoms with Crippen molar-refractivity contribution in [2.24, 2.45) is 34.6 Å². The van der Waals surface area contributed by atoms with Crippen molar-refractivity contribution in [3.8, 4) is 0 Å². The van der Waals surface area contributed by atoms with Crippen molar-refractivity contribution >= 4 is 12.0 Å². The van der Waals surface area contributed by atoms with Gasteiger partial charge in [0.05, 0.1) is 5.41 Å². The molecule has 4 aliphatic carbocycles. The molecular weight excluding hydrogens is 304 g/mol. The fourth-order valence-electron chi connectivity index (χ4n) is 5.96. The lowest BCUT2D eigenvalue weighted by molar-refractivity contribution is -0.147. The summed E-state index contributed by atoms with van der Waals surface area (Å²) in [5.41, 5.74) is 12.7. The Balaban J connectivity index is 1.62. The van der Waals surface area contributed by atoms with Gasteiger partial charge < -0.3 is 16.2 Å². The number of carbonyl (C=O) groups excluding carboxylic acids is 2. The van der Waals surface area contributed by atoms with Gasteiger partial charge in [-0.05, 0) is 61.0 Å². The highest BCUT2D eigenvalue weighted by atomic mass is 16.5. The van der Waals surface area contributed by atoms with Crippen molar-refractivity contribution in [2.45, 2.75) is 44.6 Å². The minimum Gasteiger partial charge on any atom is -0.445 e. The molecule has 5 rings (SSSR count). The van der Waals surface area contributed by atoms with Gasteiger partial charge in [-0.3, -0.25) is 4.79 Å². The maximum absolute atomic E-state index is 12.4. The molecule has 0 aromatic heterocycles. The van der Waals surface area contributed by atoms with Crippen LogP contribution in [0.4, 0.5) is 4.79 Å². The molecule has 0 heterocycles. The Hall–Kier alpha value is -2.04. The number of amides is 2. The van der Waals surface area contributed by atoms with Gasteiger partial charge in [0.1, 0.15) is 6.61 Å². The molecule has 4 fully saturated rings. The summed E-state index contributed by atoms with van der Waals surface area (Å²) in [6.45, 7) is 0.175. The van der Waals surface area contributed by atoms with Crippen molar-refractivity contribution in [1.29, 1.82) is 0 Å². The second kappa shape index (κ2) is 5.50. The fraction of sp³-hybridized carbons (Fsp3) is 0.579. The Kier molecular flexibility index (Phi) is 3.55. The first-order chi connectivity index (χ1) is 11.5. The Labute approximate surface area is 141 Å². The van der Waals surface area contributed by atoms with Crippen LogP contribution >= 0.6 is 0 Å². The van der Waals surface area contributed by atoms with E-state index in [1.165, 1.54) is 24.8 Å². The smallest absolute Gasteiger partial charge is 0.404 e. The normalized spacial score (nSPS) is 36.5. The maximum Gasteiger partial charge on any atom is 0.404 e. The van der Waals surface area contributed by atoms with Crippen LogP contribution in [0.1, 0.15) is 49.1 Å². The van der Waals surface area contributed by atoms with E-state index in [0.29, 0.717) is 17.8 Å². The van der Waals surface area contributed by atoms with Crippen LogP contribution in [0.5, 0.6) is 0 Å². The van der Waals surface area contributed by atoms with Crippen LogP contribution in [-0.4, -0.2) is 12.0 Å². The Morgan fingerprint density at radius 3 is 2.21 bits per heavy atom. The average molecular weight is 328 g/mol.